The van der Waals surface area contributed by atoms with Gasteiger partial charge in [0.05, 0.1) is 5.69 Å². The van der Waals surface area contributed by atoms with Crippen LogP contribution in [0.15, 0.2) is 24.3 Å². The maximum absolute atomic E-state index is 12.2. The number of hydrogen-bond acceptors (Lipinski definition) is 3. The van der Waals surface area contributed by atoms with Gasteiger partial charge in [-0.25, -0.2) is 0 Å². The van der Waals surface area contributed by atoms with Crippen LogP contribution in [0, 0.1) is 0 Å². The first-order valence-corrected chi connectivity index (χ1v) is 5.31. The fourth-order valence-corrected chi connectivity index (χ4v) is 1.94. The molecule has 6 heteroatoms. The minimum atomic E-state index is -4.67. The van der Waals surface area contributed by atoms with Gasteiger partial charge in [0.15, 0.2) is 5.75 Å². The van der Waals surface area contributed by atoms with Crippen LogP contribution in [0.2, 0.25) is 0 Å². The van der Waals surface area contributed by atoms with Crippen LogP contribution in [-0.2, 0) is 0 Å². The van der Waals surface area contributed by atoms with Crippen molar-refractivity contribution in [2.24, 2.45) is 5.73 Å². The molecule has 1 aromatic rings. The first kappa shape index (κ1) is 12.0. The normalized spacial score (nSPS) is 20.7. The minimum absolute atomic E-state index is 0.00828. The second-order valence-corrected chi connectivity index (χ2v) is 4.01. The molecular formula is C11H13F3N2O. The summed E-state index contributed by atoms with van der Waals surface area (Å²) >= 11 is 0. The van der Waals surface area contributed by atoms with Crippen molar-refractivity contribution in [2.45, 2.75) is 18.8 Å². The van der Waals surface area contributed by atoms with Crippen LogP contribution in [-0.4, -0.2) is 25.5 Å². The van der Waals surface area contributed by atoms with Gasteiger partial charge in [-0.15, -0.1) is 13.2 Å². The molecule has 1 heterocycles. The lowest BCUT2D eigenvalue weighted by molar-refractivity contribution is -0.274. The fourth-order valence-electron chi connectivity index (χ4n) is 1.94. The van der Waals surface area contributed by atoms with Crippen LogP contribution in [0.3, 0.4) is 0 Å². The number of hydrogen-bond donors (Lipinski definition) is 1. The summed E-state index contributed by atoms with van der Waals surface area (Å²) in [6.07, 6.45) is -3.89. The third-order valence-corrected chi connectivity index (χ3v) is 2.66. The molecule has 2 rings (SSSR count). The van der Waals surface area contributed by atoms with Crippen LogP contribution in [0.5, 0.6) is 5.75 Å². The van der Waals surface area contributed by atoms with Crippen LogP contribution in [0.25, 0.3) is 0 Å². The topological polar surface area (TPSA) is 38.5 Å². The maximum atomic E-state index is 12.2. The van der Waals surface area contributed by atoms with Gasteiger partial charge in [0.2, 0.25) is 0 Å². The van der Waals surface area contributed by atoms with E-state index in [9.17, 15) is 13.2 Å². The summed E-state index contributed by atoms with van der Waals surface area (Å²) in [5.74, 6) is -0.172. The Morgan fingerprint density at radius 3 is 2.59 bits per heavy atom. The van der Waals surface area contributed by atoms with Gasteiger partial charge in [0, 0.05) is 19.1 Å². The van der Waals surface area contributed by atoms with Crippen molar-refractivity contribution in [3.8, 4) is 5.75 Å². The van der Waals surface area contributed by atoms with E-state index in [-0.39, 0.29) is 11.8 Å². The van der Waals surface area contributed by atoms with E-state index in [0.717, 1.165) is 6.42 Å². The summed E-state index contributed by atoms with van der Waals surface area (Å²) < 4.78 is 40.7. The summed E-state index contributed by atoms with van der Waals surface area (Å²) in [5, 5.41) is 0. The van der Waals surface area contributed by atoms with E-state index >= 15 is 0 Å². The average Bonchev–Trinajstić information content (AvgIpc) is 2.63. The standard InChI is InChI=1S/C11H13F3N2O/c12-11(13,14)17-10-4-2-1-3-9(10)16-6-5-8(15)7-16/h1-4,8H,5-7,15H2. The molecule has 17 heavy (non-hydrogen) atoms. The molecule has 0 bridgehead atoms. The third kappa shape index (κ3) is 3.03. The highest BCUT2D eigenvalue weighted by Crippen LogP contribution is 2.34. The number of para-hydroxylation sites is 2. The van der Waals surface area contributed by atoms with Gasteiger partial charge in [-0.2, -0.15) is 0 Å². The van der Waals surface area contributed by atoms with Crippen LogP contribution in [0.4, 0.5) is 18.9 Å². The fraction of sp³-hybridized carbons (Fsp3) is 0.455. The molecule has 0 aliphatic carbocycles. The molecular weight excluding hydrogens is 233 g/mol. The van der Waals surface area contributed by atoms with Gasteiger partial charge >= 0.3 is 6.36 Å². The van der Waals surface area contributed by atoms with Crippen LogP contribution >= 0.6 is 0 Å². The predicted molar refractivity (Wildman–Crippen MR) is 57.9 cm³/mol. The zero-order valence-corrected chi connectivity index (χ0v) is 9.07. The van der Waals surface area contributed by atoms with Crippen molar-refractivity contribution in [3.05, 3.63) is 24.3 Å². The minimum Gasteiger partial charge on any atom is -0.404 e. The van der Waals surface area contributed by atoms with Gasteiger partial charge in [-0.05, 0) is 18.6 Å². The number of ether oxygens (including phenoxy) is 1. The van der Waals surface area contributed by atoms with E-state index in [0.29, 0.717) is 18.8 Å². The molecule has 1 aliphatic rings. The Balaban J connectivity index is 2.22. The molecule has 0 amide bonds. The Bertz CT molecular complexity index is 395. The number of rotatable bonds is 2. The molecule has 1 atom stereocenters. The van der Waals surface area contributed by atoms with Crippen molar-refractivity contribution in [3.63, 3.8) is 0 Å². The number of nitrogens with zero attached hydrogens (tertiary/aromatic N) is 1. The number of anilines is 1. The van der Waals surface area contributed by atoms with Gasteiger partial charge in [0.25, 0.3) is 0 Å². The number of nitrogens with two attached hydrogens (primary N) is 1. The van der Waals surface area contributed by atoms with E-state index in [2.05, 4.69) is 4.74 Å². The summed E-state index contributed by atoms with van der Waals surface area (Å²) in [6.45, 7) is 1.21. The first-order chi connectivity index (χ1) is 7.96. The summed E-state index contributed by atoms with van der Waals surface area (Å²) in [6, 6.07) is 6.13. The maximum Gasteiger partial charge on any atom is 0.573 e. The highest BCUT2D eigenvalue weighted by Gasteiger charge is 2.33. The van der Waals surface area contributed by atoms with Crippen LogP contribution < -0.4 is 15.4 Å². The van der Waals surface area contributed by atoms with Gasteiger partial charge in [0.1, 0.15) is 0 Å². The van der Waals surface area contributed by atoms with Gasteiger partial charge < -0.3 is 15.4 Å². The van der Waals surface area contributed by atoms with E-state index < -0.39 is 6.36 Å². The Labute approximate surface area is 97.0 Å². The molecule has 94 valence electrons. The van der Waals surface area contributed by atoms with Crippen molar-refractivity contribution in [1.29, 1.82) is 0 Å². The summed E-state index contributed by atoms with van der Waals surface area (Å²) in [7, 11) is 0. The molecule has 0 aromatic heterocycles. The molecule has 1 saturated heterocycles. The SMILES string of the molecule is NC1CCN(c2ccccc2OC(F)(F)F)C1. The molecule has 2 N–H and O–H groups in total. The monoisotopic (exact) mass is 246 g/mol. The third-order valence-electron chi connectivity index (χ3n) is 2.66. The zero-order valence-electron chi connectivity index (χ0n) is 9.07. The van der Waals surface area contributed by atoms with Gasteiger partial charge in [-0.1, -0.05) is 12.1 Å². The Morgan fingerprint density at radius 1 is 1.29 bits per heavy atom. The Kier molecular flexibility index (Phi) is 3.15. The van der Waals surface area contributed by atoms with Crippen molar-refractivity contribution < 1.29 is 17.9 Å². The highest BCUT2D eigenvalue weighted by atomic mass is 19.4. The Hall–Kier alpha value is -1.43. The van der Waals surface area contributed by atoms with E-state index in [1.807, 2.05) is 4.90 Å². The molecule has 3 nitrogen and oxygen atoms in total. The first-order valence-electron chi connectivity index (χ1n) is 5.31. The highest BCUT2D eigenvalue weighted by molar-refractivity contribution is 5.59. The van der Waals surface area contributed by atoms with E-state index in [1.165, 1.54) is 12.1 Å². The number of halogens is 3. The van der Waals surface area contributed by atoms with Crippen molar-refractivity contribution >= 4 is 5.69 Å². The largest absolute Gasteiger partial charge is 0.573 e. The Morgan fingerprint density at radius 2 is 2.00 bits per heavy atom. The predicted octanol–water partition coefficient (Wildman–Crippen LogP) is 2.12. The molecule has 0 spiro atoms. The lowest BCUT2D eigenvalue weighted by Crippen LogP contribution is -2.27. The van der Waals surface area contributed by atoms with Crippen molar-refractivity contribution in [1.82, 2.24) is 0 Å². The quantitative estimate of drug-likeness (QED) is 0.868. The smallest absolute Gasteiger partial charge is 0.404 e. The van der Waals surface area contributed by atoms with Gasteiger partial charge in [-0.3, -0.25) is 0 Å². The lowest BCUT2D eigenvalue weighted by atomic mass is 10.2. The number of benzene rings is 1. The van der Waals surface area contributed by atoms with E-state index in [1.54, 1.807) is 12.1 Å². The summed E-state index contributed by atoms with van der Waals surface area (Å²) in [5.41, 5.74) is 6.18. The second-order valence-electron chi connectivity index (χ2n) is 4.01. The van der Waals surface area contributed by atoms with Crippen LogP contribution in [0.1, 0.15) is 6.42 Å². The van der Waals surface area contributed by atoms with E-state index in [4.69, 9.17) is 5.73 Å². The molecule has 1 aliphatic heterocycles. The molecule has 1 fully saturated rings. The number of alkyl halides is 3. The average molecular weight is 246 g/mol. The molecule has 0 radical (unpaired) electrons. The molecule has 1 aromatic carbocycles. The van der Waals surface area contributed by atoms with Crippen molar-refractivity contribution in [2.75, 3.05) is 18.0 Å². The molecule has 1 unspecified atom stereocenters. The second kappa shape index (κ2) is 4.44. The molecule has 0 saturated carbocycles. The zero-order chi connectivity index (χ0) is 12.5. The lowest BCUT2D eigenvalue weighted by Gasteiger charge is -2.21. The summed E-state index contributed by atoms with van der Waals surface area (Å²) in [4.78, 5) is 1.81.